The van der Waals surface area contributed by atoms with Gasteiger partial charge in [0.25, 0.3) is 0 Å². The monoisotopic (exact) mass is 261 g/mol. The minimum atomic E-state index is -0.255. The smallest absolute Gasteiger partial charge is 0.226 e. The number of rotatable bonds is 5. The van der Waals surface area contributed by atoms with E-state index in [2.05, 4.69) is 10.2 Å². The van der Waals surface area contributed by atoms with Gasteiger partial charge in [0.15, 0.2) is 0 Å². The van der Waals surface area contributed by atoms with E-state index in [1.807, 2.05) is 38.4 Å². The van der Waals surface area contributed by atoms with Crippen LogP contribution >= 0.6 is 0 Å². The number of nitrogens with two attached hydrogens (primary N) is 1. The highest BCUT2D eigenvalue weighted by atomic mass is 16.1. The fourth-order valence-electron chi connectivity index (χ4n) is 2.39. The predicted octanol–water partition coefficient (Wildman–Crippen LogP) is 1.96. The van der Waals surface area contributed by atoms with Crippen molar-refractivity contribution in [2.45, 2.75) is 37.8 Å². The number of nitrogens with one attached hydrogen (secondary N) is 1. The lowest BCUT2D eigenvalue weighted by Crippen LogP contribution is -2.48. The summed E-state index contributed by atoms with van der Waals surface area (Å²) in [5.41, 5.74) is 7.89. The van der Waals surface area contributed by atoms with Crippen LogP contribution in [0.1, 0.15) is 31.2 Å². The van der Waals surface area contributed by atoms with Crippen LogP contribution in [0, 0.1) is 0 Å². The molecule has 0 heterocycles. The molecule has 1 aliphatic carbocycles. The Balaban J connectivity index is 1.86. The molecule has 1 fully saturated rings. The quantitative estimate of drug-likeness (QED) is 0.852. The van der Waals surface area contributed by atoms with E-state index in [0.717, 1.165) is 31.5 Å². The molecule has 0 radical (unpaired) electrons. The van der Waals surface area contributed by atoms with Crippen molar-refractivity contribution < 1.29 is 4.79 Å². The maximum atomic E-state index is 11.9. The molecule has 1 aromatic rings. The second kappa shape index (κ2) is 5.72. The van der Waals surface area contributed by atoms with E-state index < -0.39 is 0 Å². The van der Waals surface area contributed by atoms with Crippen LogP contribution < -0.4 is 11.1 Å². The molecule has 1 aromatic carbocycles. The lowest BCUT2D eigenvalue weighted by Gasteiger charge is -2.37. The summed E-state index contributed by atoms with van der Waals surface area (Å²) in [6.07, 6.45) is 3.49. The van der Waals surface area contributed by atoms with Gasteiger partial charge in [-0.05, 0) is 51.1 Å². The molecule has 4 nitrogen and oxygen atoms in total. The highest BCUT2D eigenvalue weighted by molar-refractivity contribution is 5.91. The lowest BCUT2D eigenvalue weighted by atomic mass is 9.75. The minimum Gasteiger partial charge on any atom is -0.326 e. The Hall–Kier alpha value is -1.39. The molecule has 1 aliphatic rings. The molecule has 3 N–H and O–H groups in total. The molecule has 0 atom stereocenters. The average Bonchev–Trinajstić information content (AvgIpc) is 2.29. The molecule has 0 bridgehead atoms. The largest absolute Gasteiger partial charge is 0.326 e. The van der Waals surface area contributed by atoms with Gasteiger partial charge in [-0.25, -0.2) is 0 Å². The van der Waals surface area contributed by atoms with Crippen LogP contribution in [-0.4, -0.2) is 30.4 Å². The van der Waals surface area contributed by atoms with E-state index in [1.54, 1.807) is 0 Å². The number of hydrogen-bond donors (Lipinski definition) is 2. The second-order valence-corrected chi connectivity index (χ2v) is 5.88. The van der Waals surface area contributed by atoms with Crippen LogP contribution in [0.2, 0.25) is 0 Å². The summed E-state index contributed by atoms with van der Waals surface area (Å²) in [4.78, 5) is 14.0. The van der Waals surface area contributed by atoms with Gasteiger partial charge in [-0.15, -0.1) is 0 Å². The number of nitrogens with zero attached hydrogens (tertiary/aromatic N) is 1. The van der Waals surface area contributed by atoms with Gasteiger partial charge >= 0.3 is 0 Å². The van der Waals surface area contributed by atoms with E-state index in [-0.39, 0.29) is 11.4 Å². The van der Waals surface area contributed by atoms with Gasteiger partial charge in [-0.3, -0.25) is 4.79 Å². The van der Waals surface area contributed by atoms with Crippen molar-refractivity contribution in [2.24, 2.45) is 5.73 Å². The van der Waals surface area contributed by atoms with E-state index >= 15 is 0 Å². The fraction of sp³-hybridized carbons (Fsp3) is 0.533. The Morgan fingerprint density at radius 1 is 1.32 bits per heavy atom. The van der Waals surface area contributed by atoms with E-state index in [1.165, 1.54) is 5.56 Å². The summed E-state index contributed by atoms with van der Waals surface area (Å²) in [5, 5.41) is 2.91. The Labute approximate surface area is 115 Å². The van der Waals surface area contributed by atoms with Crippen LogP contribution in [0.25, 0.3) is 0 Å². The number of hydrogen-bond acceptors (Lipinski definition) is 3. The van der Waals surface area contributed by atoms with Crippen molar-refractivity contribution in [2.75, 3.05) is 19.4 Å². The van der Waals surface area contributed by atoms with Crippen molar-refractivity contribution >= 4 is 11.6 Å². The molecule has 4 heteroatoms. The predicted molar refractivity (Wildman–Crippen MR) is 77.8 cm³/mol. The van der Waals surface area contributed by atoms with Gasteiger partial charge < -0.3 is 16.0 Å². The molecule has 0 saturated heterocycles. The Morgan fingerprint density at radius 3 is 2.42 bits per heavy atom. The van der Waals surface area contributed by atoms with Crippen LogP contribution in [0.5, 0.6) is 0 Å². The topological polar surface area (TPSA) is 58.4 Å². The molecule has 104 valence electrons. The molecule has 2 rings (SSSR count). The number of amides is 1. The third-order valence-corrected chi connectivity index (χ3v) is 3.60. The van der Waals surface area contributed by atoms with Gasteiger partial charge in [0.2, 0.25) is 5.91 Å². The molecule has 1 amide bonds. The second-order valence-electron chi connectivity index (χ2n) is 5.88. The van der Waals surface area contributed by atoms with Crippen molar-refractivity contribution in [1.29, 1.82) is 0 Å². The summed E-state index contributed by atoms with van der Waals surface area (Å²) in [6.45, 7) is 0.903. The van der Waals surface area contributed by atoms with Crippen LogP contribution in [0.15, 0.2) is 24.3 Å². The maximum absolute atomic E-state index is 11.9. The first-order chi connectivity index (χ1) is 8.97. The normalized spacial score (nSPS) is 17.1. The van der Waals surface area contributed by atoms with Crippen molar-refractivity contribution in [3.63, 3.8) is 0 Å². The number of carbonyl (C=O) groups excluding carboxylic acids is 1. The van der Waals surface area contributed by atoms with Gasteiger partial charge in [0.1, 0.15) is 0 Å². The summed E-state index contributed by atoms with van der Waals surface area (Å²) in [7, 11) is 4.07. The standard InChI is InChI=1S/C15H23N3O/c1-18(2)11-12-4-6-13(7-5-12)17-14(19)10-15(16)8-3-9-15/h4-7H,3,8-11,16H2,1-2H3,(H,17,19). The minimum absolute atomic E-state index is 0.0163. The zero-order valence-corrected chi connectivity index (χ0v) is 11.8. The third-order valence-electron chi connectivity index (χ3n) is 3.60. The average molecular weight is 261 g/mol. The van der Waals surface area contributed by atoms with Gasteiger partial charge in [-0.1, -0.05) is 12.1 Å². The Kier molecular flexibility index (Phi) is 4.22. The fourth-order valence-corrected chi connectivity index (χ4v) is 2.39. The third kappa shape index (κ3) is 4.04. The zero-order valence-electron chi connectivity index (χ0n) is 11.8. The van der Waals surface area contributed by atoms with Crippen molar-refractivity contribution in [3.05, 3.63) is 29.8 Å². The molecule has 1 saturated carbocycles. The summed E-state index contributed by atoms with van der Waals surface area (Å²) in [6, 6.07) is 7.97. The Bertz CT molecular complexity index is 435. The number of benzene rings is 1. The summed E-state index contributed by atoms with van der Waals surface area (Å²) < 4.78 is 0. The number of carbonyl (C=O) groups is 1. The highest BCUT2D eigenvalue weighted by Gasteiger charge is 2.34. The molecule has 0 spiro atoms. The van der Waals surface area contributed by atoms with Crippen LogP contribution in [0.3, 0.4) is 0 Å². The lowest BCUT2D eigenvalue weighted by molar-refractivity contribution is -0.118. The molecular formula is C15H23N3O. The SMILES string of the molecule is CN(C)Cc1ccc(NC(=O)CC2(N)CCC2)cc1. The van der Waals surface area contributed by atoms with Crippen LogP contribution in [0.4, 0.5) is 5.69 Å². The van der Waals surface area contributed by atoms with E-state index in [9.17, 15) is 4.79 Å². The maximum Gasteiger partial charge on any atom is 0.226 e. The molecule has 19 heavy (non-hydrogen) atoms. The highest BCUT2D eigenvalue weighted by Crippen LogP contribution is 2.32. The van der Waals surface area contributed by atoms with E-state index in [4.69, 9.17) is 5.73 Å². The summed E-state index contributed by atoms with van der Waals surface area (Å²) >= 11 is 0. The summed E-state index contributed by atoms with van der Waals surface area (Å²) in [5.74, 6) is 0.0163. The van der Waals surface area contributed by atoms with Crippen molar-refractivity contribution in [3.8, 4) is 0 Å². The first-order valence-electron chi connectivity index (χ1n) is 6.79. The van der Waals surface area contributed by atoms with Crippen LogP contribution in [-0.2, 0) is 11.3 Å². The van der Waals surface area contributed by atoms with Crippen molar-refractivity contribution in [1.82, 2.24) is 4.90 Å². The number of anilines is 1. The van der Waals surface area contributed by atoms with E-state index in [0.29, 0.717) is 6.42 Å². The molecule has 0 aliphatic heterocycles. The zero-order chi connectivity index (χ0) is 13.9. The molecule has 0 aromatic heterocycles. The van der Waals surface area contributed by atoms with Gasteiger partial charge in [-0.2, -0.15) is 0 Å². The Morgan fingerprint density at radius 2 is 1.95 bits per heavy atom. The first-order valence-corrected chi connectivity index (χ1v) is 6.79. The molecule has 0 unspecified atom stereocenters. The molecular weight excluding hydrogens is 238 g/mol. The van der Waals surface area contributed by atoms with Gasteiger partial charge in [0, 0.05) is 24.2 Å². The first kappa shape index (κ1) is 14.0. The van der Waals surface area contributed by atoms with Gasteiger partial charge in [0.05, 0.1) is 0 Å².